The highest BCUT2D eigenvalue weighted by atomic mass is 16.5. The molecule has 0 aliphatic carbocycles. The molecule has 2 N–H and O–H groups in total. The first kappa shape index (κ1) is 13.4. The van der Waals surface area contributed by atoms with Gasteiger partial charge < -0.3 is 20.3 Å². The molecule has 1 aromatic rings. The van der Waals surface area contributed by atoms with Crippen molar-refractivity contribution >= 4 is 17.5 Å². The number of hydrogen-bond acceptors (Lipinski definition) is 4. The van der Waals surface area contributed by atoms with Gasteiger partial charge in [-0.15, -0.1) is 0 Å². The van der Waals surface area contributed by atoms with Crippen LogP contribution in [0.5, 0.6) is 5.75 Å². The Hall–Kier alpha value is -2.08. The van der Waals surface area contributed by atoms with Gasteiger partial charge in [-0.25, -0.2) is 0 Å². The van der Waals surface area contributed by atoms with Crippen LogP contribution in [0.1, 0.15) is 5.56 Å². The molecular weight excluding hydrogens is 246 g/mol. The molecule has 0 aromatic heterocycles. The zero-order valence-corrected chi connectivity index (χ0v) is 11.0. The van der Waals surface area contributed by atoms with Gasteiger partial charge in [-0.1, -0.05) is 6.07 Å². The number of fused-ring (bicyclic) bond motifs is 1. The van der Waals surface area contributed by atoms with Crippen LogP contribution in [0.15, 0.2) is 18.2 Å². The smallest absolute Gasteiger partial charge is 0.262 e. The van der Waals surface area contributed by atoms with E-state index < -0.39 is 0 Å². The molecule has 6 heteroatoms. The van der Waals surface area contributed by atoms with Gasteiger partial charge in [0, 0.05) is 20.6 Å². The van der Waals surface area contributed by atoms with Crippen LogP contribution in [0.3, 0.4) is 0 Å². The predicted molar refractivity (Wildman–Crippen MR) is 71.0 cm³/mol. The molecule has 0 unspecified atom stereocenters. The van der Waals surface area contributed by atoms with Crippen LogP contribution in [0.4, 0.5) is 5.69 Å². The van der Waals surface area contributed by atoms with Gasteiger partial charge in [0.1, 0.15) is 5.75 Å². The van der Waals surface area contributed by atoms with Crippen molar-refractivity contribution < 1.29 is 14.3 Å². The predicted octanol–water partition coefficient (Wildman–Crippen LogP) is 0.195. The monoisotopic (exact) mass is 263 g/mol. The minimum absolute atomic E-state index is 0.0228. The second-order valence-electron chi connectivity index (χ2n) is 4.56. The largest absolute Gasteiger partial charge is 0.482 e. The van der Waals surface area contributed by atoms with Gasteiger partial charge in [0.15, 0.2) is 6.61 Å². The third kappa shape index (κ3) is 3.45. The third-order valence-corrected chi connectivity index (χ3v) is 2.78. The molecule has 6 nitrogen and oxygen atoms in total. The van der Waals surface area contributed by atoms with Crippen LogP contribution in [-0.2, 0) is 16.1 Å². The average molecular weight is 263 g/mol. The summed E-state index contributed by atoms with van der Waals surface area (Å²) in [6.45, 7) is 0.900. The van der Waals surface area contributed by atoms with E-state index in [1.807, 2.05) is 18.2 Å². The van der Waals surface area contributed by atoms with Crippen molar-refractivity contribution in [1.29, 1.82) is 0 Å². The number of anilines is 1. The molecule has 2 amide bonds. The Balaban J connectivity index is 1.93. The highest BCUT2D eigenvalue weighted by Crippen LogP contribution is 2.28. The number of benzene rings is 1. The molecule has 0 radical (unpaired) electrons. The first-order valence-electron chi connectivity index (χ1n) is 6.02. The lowest BCUT2D eigenvalue weighted by atomic mass is 10.1. The minimum Gasteiger partial charge on any atom is -0.482 e. The van der Waals surface area contributed by atoms with E-state index in [0.717, 1.165) is 5.56 Å². The molecule has 0 atom stereocenters. The van der Waals surface area contributed by atoms with Crippen LogP contribution in [-0.4, -0.2) is 44.0 Å². The molecular formula is C13H17N3O3. The van der Waals surface area contributed by atoms with E-state index in [2.05, 4.69) is 10.6 Å². The number of likely N-dealkylation sites (N-methyl/N-ethyl adjacent to an activating group) is 1. The Kier molecular flexibility index (Phi) is 4.01. The summed E-state index contributed by atoms with van der Waals surface area (Å²) in [6.07, 6.45) is 0. The van der Waals surface area contributed by atoms with Crippen molar-refractivity contribution in [3.63, 3.8) is 0 Å². The highest BCUT2D eigenvalue weighted by Gasteiger charge is 2.15. The summed E-state index contributed by atoms with van der Waals surface area (Å²) < 4.78 is 5.27. The van der Waals surface area contributed by atoms with Gasteiger partial charge in [-0.3, -0.25) is 9.59 Å². The fraction of sp³-hybridized carbons (Fsp3) is 0.385. The molecule has 0 saturated carbocycles. The van der Waals surface area contributed by atoms with E-state index in [9.17, 15) is 9.59 Å². The Morgan fingerprint density at radius 3 is 3.00 bits per heavy atom. The SMILES string of the molecule is CN(C)C(=O)CNCc1ccc2c(c1)NC(=O)CO2. The molecule has 0 spiro atoms. The fourth-order valence-corrected chi connectivity index (χ4v) is 1.71. The van der Waals surface area contributed by atoms with Gasteiger partial charge in [0.2, 0.25) is 5.91 Å². The fourth-order valence-electron chi connectivity index (χ4n) is 1.71. The minimum atomic E-state index is -0.152. The van der Waals surface area contributed by atoms with Crippen LogP contribution in [0.25, 0.3) is 0 Å². The first-order valence-corrected chi connectivity index (χ1v) is 6.02. The lowest BCUT2D eigenvalue weighted by Crippen LogP contribution is -2.32. The molecule has 0 bridgehead atoms. The number of carbonyl (C=O) groups is 2. The second kappa shape index (κ2) is 5.71. The van der Waals surface area contributed by atoms with E-state index in [-0.39, 0.29) is 25.0 Å². The summed E-state index contributed by atoms with van der Waals surface area (Å²) in [5.74, 6) is 0.544. The number of nitrogens with zero attached hydrogens (tertiary/aromatic N) is 1. The van der Waals surface area contributed by atoms with Gasteiger partial charge in [0.25, 0.3) is 5.91 Å². The Labute approximate surface area is 111 Å². The number of hydrogen-bond donors (Lipinski definition) is 2. The normalized spacial score (nSPS) is 13.3. The molecule has 1 aromatic carbocycles. The molecule has 2 rings (SSSR count). The standard InChI is InChI=1S/C13H17N3O3/c1-16(2)13(18)7-14-6-9-3-4-11-10(5-9)15-12(17)8-19-11/h3-5,14H,6-8H2,1-2H3,(H,15,17). The van der Waals surface area contributed by atoms with Gasteiger partial charge in [0.05, 0.1) is 12.2 Å². The van der Waals surface area contributed by atoms with Crippen molar-refractivity contribution in [2.75, 3.05) is 32.6 Å². The van der Waals surface area contributed by atoms with E-state index in [4.69, 9.17) is 4.74 Å². The number of ether oxygens (including phenoxy) is 1. The van der Waals surface area contributed by atoms with E-state index in [1.165, 1.54) is 4.90 Å². The topological polar surface area (TPSA) is 70.7 Å². The lowest BCUT2D eigenvalue weighted by Gasteiger charge is -2.18. The number of nitrogens with one attached hydrogen (secondary N) is 2. The van der Waals surface area contributed by atoms with E-state index in [1.54, 1.807) is 14.1 Å². The Morgan fingerprint density at radius 1 is 1.47 bits per heavy atom. The summed E-state index contributed by atoms with van der Waals surface area (Å²) in [7, 11) is 3.44. The van der Waals surface area contributed by atoms with E-state index >= 15 is 0 Å². The zero-order valence-electron chi connectivity index (χ0n) is 11.0. The van der Waals surface area contributed by atoms with Crippen LogP contribution in [0.2, 0.25) is 0 Å². The summed E-state index contributed by atoms with van der Waals surface area (Å²) in [5, 5.41) is 5.81. The summed E-state index contributed by atoms with van der Waals surface area (Å²) in [4.78, 5) is 24.1. The van der Waals surface area contributed by atoms with Crippen LogP contribution >= 0.6 is 0 Å². The maximum atomic E-state index is 11.4. The van der Waals surface area contributed by atoms with Gasteiger partial charge in [-0.2, -0.15) is 0 Å². The van der Waals surface area contributed by atoms with Crippen molar-refractivity contribution in [3.05, 3.63) is 23.8 Å². The maximum Gasteiger partial charge on any atom is 0.262 e. The second-order valence-corrected chi connectivity index (χ2v) is 4.56. The maximum absolute atomic E-state index is 11.4. The average Bonchev–Trinajstić information content (AvgIpc) is 2.38. The van der Waals surface area contributed by atoms with Gasteiger partial charge >= 0.3 is 0 Å². The van der Waals surface area contributed by atoms with Crippen molar-refractivity contribution in [2.24, 2.45) is 0 Å². The van der Waals surface area contributed by atoms with E-state index in [0.29, 0.717) is 18.0 Å². The third-order valence-electron chi connectivity index (χ3n) is 2.78. The Morgan fingerprint density at radius 2 is 2.26 bits per heavy atom. The number of amides is 2. The van der Waals surface area contributed by atoms with Crippen molar-refractivity contribution in [1.82, 2.24) is 10.2 Å². The highest BCUT2D eigenvalue weighted by molar-refractivity contribution is 5.95. The number of rotatable bonds is 4. The molecule has 1 heterocycles. The van der Waals surface area contributed by atoms with Gasteiger partial charge in [-0.05, 0) is 17.7 Å². The summed E-state index contributed by atoms with van der Waals surface area (Å²) >= 11 is 0. The summed E-state index contributed by atoms with van der Waals surface area (Å²) in [6, 6.07) is 5.57. The molecule has 19 heavy (non-hydrogen) atoms. The number of carbonyl (C=O) groups excluding carboxylic acids is 2. The molecule has 1 aliphatic heterocycles. The van der Waals surface area contributed by atoms with Crippen LogP contribution in [0, 0.1) is 0 Å². The lowest BCUT2D eigenvalue weighted by molar-refractivity contribution is -0.127. The quantitative estimate of drug-likeness (QED) is 0.814. The molecule has 0 fully saturated rings. The molecule has 0 saturated heterocycles. The molecule has 1 aliphatic rings. The zero-order chi connectivity index (χ0) is 13.8. The Bertz CT molecular complexity index is 500. The summed E-state index contributed by atoms with van der Waals surface area (Å²) in [5.41, 5.74) is 1.66. The first-order chi connectivity index (χ1) is 9.06. The van der Waals surface area contributed by atoms with Crippen molar-refractivity contribution in [3.8, 4) is 5.75 Å². The van der Waals surface area contributed by atoms with Crippen molar-refractivity contribution in [2.45, 2.75) is 6.54 Å². The molecule has 102 valence electrons. The van der Waals surface area contributed by atoms with Crippen LogP contribution < -0.4 is 15.4 Å².